The van der Waals surface area contributed by atoms with E-state index in [4.69, 9.17) is 9.47 Å². The van der Waals surface area contributed by atoms with E-state index in [0.29, 0.717) is 22.6 Å². The number of rotatable bonds is 9. The number of anilines is 1. The van der Waals surface area contributed by atoms with Crippen LogP contribution in [0.3, 0.4) is 0 Å². The monoisotopic (exact) mass is 449 g/mol. The first-order valence-electron chi connectivity index (χ1n) is 10.4. The number of aryl methyl sites for hydroxylation is 1. The number of methoxy groups -OCH3 is 1. The summed E-state index contributed by atoms with van der Waals surface area (Å²) in [4.78, 5) is 37.9. The van der Waals surface area contributed by atoms with Crippen LogP contribution in [0.5, 0.6) is 5.75 Å². The van der Waals surface area contributed by atoms with Crippen LogP contribution in [0.1, 0.15) is 40.4 Å². The fraction of sp³-hybridized carbons (Fsp3) is 0.192. The predicted octanol–water partition coefficient (Wildman–Crippen LogP) is 5.03. The summed E-state index contributed by atoms with van der Waals surface area (Å²) in [6.07, 6.45) is -1.57. The number of hydrogen-bond donors (Lipinski definition) is 1. The Kier molecular flexibility index (Phi) is 7.91. The first-order chi connectivity index (χ1) is 15.9. The zero-order valence-corrected chi connectivity index (χ0v) is 18.3. The van der Waals surface area contributed by atoms with Gasteiger partial charge in [0.2, 0.25) is 6.10 Å². The van der Waals surface area contributed by atoms with Crippen molar-refractivity contribution in [1.29, 1.82) is 0 Å². The minimum atomic E-state index is -1.22. The van der Waals surface area contributed by atoms with E-state index in [1.807, 2.05) is 13.0 Å². The summed E-state index contributed by atoms with van der Waals surface area (Å²) >= 11 is 0. The number of carbonyl (C=O) groups is 3. The number of esters is 1. The molecule has 0 spiro atoms. The summed E-state index contributed by atoms with van der Waals surface area (Å²) in [6.45, 7) is 1.88. The topological polar surface area (TPSA) is 81.7 Å². The molecule has 0 saturated heterocycles. The van der Waals surface area contributed by atoms with Crippen LogP contribution < -0.4 is 10.1 Å². The molecule has 1 amide bonds. The number of Topliss-reactive ketones (excluding diaryl/α,β-unsaturated/α-hetero) is 1. The largest absolute Gasteiger partial charge is 0.495 e. The molecule has 3 aromatic rings. The number of nitrogens with one attached hydrogen (secondary N) is 1. The molecule has 0 aliphatic carbocycles. The molecule has 3 aromatic carbocycles. The van der Waals surface area contributed by atoms with E-state index in [1.54, 1.807) is 42.5 Å². The maximum Gasteiger partial charge on any atom is 0.307 e. The predicted molar refractivity (Wildman–Crippen MR) is 122 cm³/mol. The summed E-state index contributed by atoms with van der Waals surface area (Å²) in [6, 6.07) is 19.0. The first-order valence-corrected chi connectivity index (χ1v) is 10.4. The lowest BCUT2D eigenvalue weighted by Gasteiger charge is -2.19. The third-order valence-electron chi connectivity index (χ3n) is 4.92. The lowest BCUT2D eigenvalue weighted by Crippen LogP contribution is -2.26. The smallest absolute Gasteiger partial charge is 0.307 e. The van der Waals surface area contributed by atoms with E-state index < -0.39 is 23.8 Å². The third-order valence-corrected chi connectivity index (χ3v) is 4.92. The van der Waals surface area contributed by atoms with E-state index in [0.717, 1.165) is 5.56 Å². The molecule has 7 heteroatoms. The van der Waals surface area contributed by atoms with E-state index >= 15 is 0 Å². The average molecular weight is 449 g/mol. The van der Waals surface area contributed by atoms with Crippen molar-refractivity contribution in [3.05, 3.63) is 95.3 Å². The maximum atomic E-state index is 13.1. The minimum Gasteiger partial charge on any atom is -0.495 e. The lowest BCUT2D eigenvalue weighted by atomic mass is 10.1. The van der Waals surface area contributed by atoms with Gasteiger partial charge in [0.15, 0.2) is 5.78 Å². The van der Waals surface area contributed by atoms with Crippen molar-refractivity contribution < 1.29 is 28.2 Å². The van der Waals surface area contributed by atoms with Crippen LogP contribution in [0.15, 0.2) is 72.8 Å². The molecule has 1 N–H and O–H groups in total. The highest BCUT2D eigenvalue weighted by Gasteiger charge is 2.26. The van der Waals surface area contributed by atoms with Gasteiger partial charge in [-0.1, -0.05) is 36.4 Å². The van der Waals surface area contributed by atoms with Crippen molar-refractivity contribution in [3.63, 3.8) is 0 Å². The van der Waals surface area contributed by atoms with Crippen molar-refractivity contribution >= 4 is 23.3 Å². The summed E-state index contributed by atoms with van der Waals surface area (Å²) < 4.78 is 23.8. The molecular weight excluding hydrogens is 425 g/mol. The molecular formula is C26H24FNO5. The van der Waals surface area contributed by atoms with Gasteiger partial charge in [-0.3, -0.25) is 14.4 Å². The number of carbonyl (C=O) groups excluding carboxylic acids is 3. The Hall–Kier alpha value is -4.00. The van der Waals surface area contributed by atoms with E-state index in [-0.39, 0.29) is 18.6 Å². The fourth-order valence-electron chi connectivity index (χ4n) is 3.20. The van der Waals surface area contributed by atoms with Gasteiger partial charge in [-0.15, -0.1) is 0 Å². The molecule has 0 radical (unpaired) electrons. The fourth-order valence-corrected chi connectivity index (χ4v) is 3.20. The van der Waals surface area contributed by atoms with Gasteiger partial charge in [0, 0.05) is 17.5 Å². The van der Waals surface area contributed by atoms with Crippen LogP contribution in [0.2, 0.25) is 0 Å². The van der Waals surface area contributed by atoms with Crippen LogP contribution >= 0.6 is 0 Å². The third kappa shape index (κ3) is 6.49. The molecule has 6 nitrogen and oxygen atoms in total. The Labute approximate surface area is 191 Å². The van der Waals surface area contributed by atoms with Crippen molar-refractivity contribution in [2.24, 2.45) is 0 Å². The number of halogens is 1. The molecule has 0 bridgehead atoms. The molecule has 170 valence electrons. The van der Waals surface area contributed by atoms with Gasteiger partial charge in [0.1, 0.15) is 11.6 Å². The molecule has 0 aliphatic heterocycles. The number of hydrogen-bond acceptors (Lipinski definition) is 5. The molecule has 0 heterocycles. The van der Waals surface area contributed by atoms with Crippen molar-refractivity contribution in [2.75, 3.05) is 12.4 Å². The molecule has 0 aliphatic rings. The van der Waals surface area contributed by atoms with E-state index in [2.05, 4.69) is 5.32 Å². The molecule has 0 aromatic heterocycles. The summed E-state index contributed by atoms with van der Waals surface area (Å²) in [7, 11) is 1.49. The molecule has 33 heavy (non-hydrogen) atoms. The van der Waals surface area contributed by atoms with Gasteiger partial charge >= 0.3 is 5.97 Å². The Balaban J connectivity index is 1.71. The van der Waals surface area contributed by atoms with E-state index in [9.17, 15) is 18.8 Å². The van der Waals surface area contributed by atoms with Crippen LogP contribution in [-0.2, 0) is 14.3 Å². The molecule has 1 atom stereocenters. The van der Waals surface area contributed by atoms with Crippen molar-refractivity contribution in [2.45, 2.75) is 25.9 Å². The van der Waals surface area contributed by atoms with Crippen molar-refractivity contribution in [3.8, 4) is 5.75 Å². The second kappa shape index (κ2) is 11.0. The summed E-state index contributed by atoms with van der Waals surface area (Å²) in [5.41, 5.74) is 2.15. The number of amides is 1. The standard InChI is InChI=1S/C26H24FNO5/c1-17-8-14-23(32-2)21(16-17)28-26(31)25(19-6-4-3-5-7-19)33-24(30)15-13-22(29)18-9-11-20(27)12-10-18/h3-12,14,16,25H,13,15H2,1-2H3,(H,28,31). The lowest BCUT2D eigenvalue weighted by molar-refractivity contribution is -0.154. The maximum absolute atomic E-state index is 13.1. The number of benzene rings is 3. The molecule has 1 unspecified atom stereocenters. The normalized spacial score (nSPS) is 11.4. The molecule has 3 rings (SSSR count). The van der Waals surface area contributed by atoms with Gasteiger partial charge in [0.25, 0.3) is 5.91 Å². The Bertz CT molecular complexity index is 1130. The van der Waals surface area contributed by atoms with Crippen LogP contribution in [0, 0.1) is 12.7 Å². The molecule has 0 saturated carbocycles. The number of ketones is 1. The van der Waals surface area contributed by atoms with Gasteiger partial charge < -0.3 is 14.8 Å². The van der Waals surface area contributed by atoms with E-state index in [1.165, 1.54) is 31.4 Å². The second-order valence-corrected chi connectivity index (χ2v) is 7.40. The first kappa shape index (κ1) is 23.7. The van der Waals surface area contributed by atoms with Gasteiger partial charge in [-0.25, -0.2) is 4.39 Å². The number of ether oxygens (including phenoxy) is 2. The minimum absolute atomic E-state index is 0.126. The Morgan fingerprint density at radius 3 is 2.30 bits per heavy atom. The quantitative estimate of drug-likeness (QED) is 0.366. The van der Waals surface area contributed by atoms with Crippen LogP contribution in [0.4, 0.5) is 10.1 Å². The Morgan fingerprint density at radius 2 is 1.64 bits per heavy atom. The van der Waals surface area contributed by atoms with Crippen LogP contribution in [0.25, 0.3) is 0 Å². The van der Waals surface area contributed by atoms with Crippen molar-refractivity contribution in [1.82, 2.24) is 0 Å². The highest BCUT2D eigenvalue weighted by atomic mass is 19.1. The summed E-state index contributed by atoms with van der Waals surface area (Å²) in [5, 5.41) is 2.76. The van der Waals surface area contributed by atoms with Gasteiger partial charge in [-0.05, 0) is 48.9 Å². The zero-order chi connectivity index (χ0) is 23.8. The van der Waals surface area contributed by atoms with Gasteiger partial charge in [0.05, 0.1) is 19.2 Å². The van der Waals surface area contributed by atoms with Crippen LogP contribution in [-0.4, -0.2) is 24.8 Å². The highest BCUT2D eigenvalue weighted by Crippen LogP contribution is 2.28. The second-order valence-electron chi connectivity index (χ2n) is 7.40. The zero-order valence-electron chi connectivity index (χ0n) is 18.3. The highest BCUT2D eigenvalue weighted by molar-refractivity contribution is 5.99. The van der Waals surface area contributed by atoms with Gasteiger partial charge in [-0.2, -0.15) is 0 Å². The molecule has 0 fully saturated rings. The Morgan fingerprint density at radius 1 is 0.939 bits per heavy atom. The SMILES string of the molecule is COc1ccc(C)cc1NC(=O)C(OC(=O)CCC(=O)c1ccc(F)cc1)c1ccccc1. The average Bonchev–Trinajstić information content (AvgIpc) is 2.82. The summed E-state index contributed by atoms with van der Waals surface area (Å²) in [5.74, 6) is -1.56.